The second-order valence-electron chi connectivity index (χ2n) is 7.86. The van der Waals surface area contributed by atoms with Crippen molar-refractivity contribution >= 4 is 5.91 Å². The van der Waals surface area contributed by atoms with Crippen LogP contribution in [0.4, 0.5) is 0 Å². The van der Waals surface area contributed by atoms with Gasteiger partial charge in [0.15, 0.2) is 0 Å². The molecule has 2 aliphatic heterocycles. The first-order valence-corrected chi connectivity index (χ1v) is 9.44. The Kier molecular flexibility index (Phi) is 4.35. The van der Waals surface area contributed by atoms with Crippen molar-refractivity contribution in [2.24, 2.45) is 11.3 Å². The third kappa shape index (κ3) is 2.98. The number of piperidine rings is 1. The van der Waals surface area contributed by atoms with Gasteiger partial charge < -0.3 is 15.3 Å². The number of nitrogens with zero attached hydrogens (tertiary/aromatic N) is 1. The molecule has 3 fully saturated rings. The summed E-state index contributed by atoms with van der Waals surface area (Å²) in [4.78, 5) is 15.1. The van der Waals surface area contributed by atoms with Gasteiger partial charge in [0.05, 0.1) is 6.10 Å². The Morgan fingerprint density at radius 3 is 2.79 bits per heavy atom. The first-order valence-electron chi connectivity index (χ1n) is 9.44. The van der Waals surface area contributed by atoms with Gasteiger partial charge in [-0.25, -0.2) is 0 Å². The molecule has 1 aliphatic carbocycles. The Hall–Kier alpha value is -1.39. The van der Waals surface area contributed by atoms with E-state index in [-0.39, 0.29) is 12.0 Å². The number of carbonyl (C=O) groups excluding carboxylic acids is 1. The zero-order chi connectivity index (χ0) is 16.6. The van der Waals surface area contributed by atoms with Crippen LogP contribution in [0.15, 0.2) is 30.3 Å². The van der Waals surface area contributed by atoms with Gasteiger partial charge in [-0.3, -0.25) is 4.79 Å². The summed E-state index contributed by atoms with van der Waals surface area (Å²) >= 11 is 0. The second-order valence-corrected chi connectivity index (χ2v) is 7.86. The molecule has 4 heteroatoms. The van der Waals surface area contributed by atoms with Crippen molar-refractivity contribution < 1.29 is 9.90 Å². The Morgan fingerprint density at radius 2 is 2.04 bits per heavy atom. The molecular formula is C20H28N2O2. The van der Waals surface area contributed by atoms with Crippen LogP contribution in [0.1, 0.15) is 50.2 Å². The normalized spacial score (nSPS) is 29.6. The first-order chi connectivity index (χ1) is 11.7. The van der Waals surface area contributed by atoms with Gasteiger partial charge in [-0.2, -0.15) is 0 Å². The van der Waals surface area contributed by atoms with Crippen LogP contribution in [-0.2, 0) is 4.79 Å². The maximum Gasteiger partial charge on any atom is 0.226 e. The Morgan fingerprint density at radius 1 is 1.29 bits per heavy atom. The highest BCUT2D eigenvalue weighted by molar-refractivity contribution is 5.83. The van der Waals surface area contributed by atoms with Crippen molar-refractivity contribution in [3.63, 3.8) is 0 Å². The van der Waals surface area contributed by atoms with E-state index in [2.05, 4.69) is 10.2 Å². The topological polar surface area (TPSA) is 52.6 Å². The van der Waals surface area contributed by atoms with Crippen LogP contribution in [0, 0.1) is 11.3 Å². The molecular weight excluding hydrogens is 300 g/mol. The molecule has 1 aromatic carbocycles. The van der Waals surface area contributed by atoms with Gasteiger partial charge in [0.2, 0.25) is 5.91 Å². The molecule has 4 nitrogen and oxygen atoms in total. The Balaban J connectivity index is 1.39. The van der Waals surface area contributed by atoms with E-state index in [0.717, 1.165) is 57.3 Å². The van der Waals surface area contributed by atoms with E-state index in [0.29, 0.717) is 17.7 Å². The Bertz CT molecular complexity index is 583. The van der Waals surface area contributed by atoms with Crippen molar-refractivity contribution in [1.82, 2.24) is 10.2 Å². The summed E-state index contributed by atoms with van der Waals surface area (Å²) in [6.07, 6.45) is 5.66. The van der Waals surface area contributed by atoms with Crippen molar-refractivity contribution in [3.05, 3.63) is 35.9 Å². The predicted octanol–water partition coefficient (Wildman–Crippen LogP) is 2.49. The zero-order valence-electron chi connectivity index (χ0n) is 14.3. The number of benzene rings is 1. The third-order valence-corrected chi connectivity index (χ3v) is 6.43. The standard InChI is InChI=1S/C20H28N2O2/c23-18(15-5-2-1-3-6-15)13-16-7-4-12-22(16)19(24)17-14-20(17)8-10-21-11-9-20/h1-3,5-6,16-18,21,23H,4,7-14H2. The summed E-state index contributed by atoms with van der Waals surface area (Å²) in [5, 5.41) is 13.9. The third-order valence-electron chi connectivity index (χ3n) is 6.43. The first kappa shape index (κ1) is 16.1. The van der Waals surface area contributed by atoms with Crippen molar-refractivity contribution in [1.29, 1.82) is 0 Å². The Labute approximate surface area is 144 Å². The number of hydrogen-bond acceptors (Lipinski definition) is 3. The number of hydrogen-bond donors (Lipinski definition) is 2. The minimum absolute atomic E-state index is 0.201. The highest BCUT2D eigenvalue weighted by Crippen LogP contribution is 2.59. The molecule has 1 saturated carbocycles. The van der Waals surface area contributed by atoms with E-state index in [1.54, 1.807) is 0 Å². The van der Waals surface area contributed by atoms with Crippen LogP contribution < -0.4 is 5.32 Å². The fourth-order valence-corrected chi connectivity index (χ4v) is 4.81. The second kappa shape index (κ2) is 6.49. The predicted molar refractivity (Wildman–Crippen MR) is 93.4 cm³/mol. The van der Waals surface area contributed by atoms with Gasteiger partial charge in [-0.05, 0) is 62.6 Å². The van der Waals surface area contributed by atoms with Crippen LogP contribution in [0.5, 0.6) is 0 Å². The lowest BCUT2D eigenvalue weighted by Crippen LogP contribution is -2.39. The van der Waals surface area contributed by atoms with Gasteiger partial charge in [-0.15, -0.1) is 0 Å². The molecule has 0 aromatic heterocycles. The van der Waals surface area contributed by atoms with Crippen LogP contribution in [0.25, 0.3) is 0 Å². The van der Waals surface area contributed by atoms with Crippen molar-refractivity contribution in [2.45, 2.75) is 50.7 Å². The van der Waals surface area contributed by atoms with Crippen molar-refractivity contribution in [2.75, 3.05) is 19.6 Å². The summed E-state index contributed by atoms with van der Waals surface area (Å²) in [6.45, 7) is 2.98. The van der Waals surface area contributed by atoms with Gasteiger partial charge >= 0.3 is 0 Å². The molecule has 0 bridgehead atoms. The number of aliphatic hydroxyl groups is 1. The molecule has 3 aliphatic rings. The highest BCUT2D eigenvalue weighted by atomic mass is 16.3. The van der Waals surface area contributed by atoms with Crippen molar-refractivity contribution in [3.8, 4) is 0 Å². The molecule has 3 atom stereocenters. The summed E-state index contributed by atoms with van der Waals surface area (Å²) in [6, 6.07) is 10.0. The number of aliphatic hydroxyl groups excluding tert-OH is 1. The van der Waals surface area contributed by atoms with Crippen LogP contribution in [0.2, 0.25) is 0 Å². The van der Waals surface area contributed by atoms with E-state index < -0.39 is 6.10 Å². The molecule has 24 heavy (non-hydrogen) atoms. The number of nitrogens with one attached hydrogen (secondary N) is 1. The zero-order valence-corrected chi connectivity index (χ0v) is 14.3. The van der Waals surface area contributed by atoms with Gasteiger partial charge in [-0.1, -0.05) is 30.3 Å². The maximum absolute atomic E-state index is 13.0. The average molecular weight is 328 g/mol. The molecule has 4 rings (SSSR count). The van der Waals surface area contributed by atoms with E-state index in [1.807, 2.05) is 30.3 Å². The number of carbonyl (C=O) groups is 1. The molecule has 2 saturated heterocycles. The van der Waals surface area contributed by atoms with E-state index >= 15 is 0 Å². The molecule has 1 spiro atoms. The fourth-order valence-electron chi connectivity index (χ4n) is 4.81. The van der Waals surface area contributed by atoms with Crippen LogP contribution in [0.3, 0.4) is 0 Å². The maximum atomic E-state index is 13.0. The minimum atomic E-state index is -0.475. The lowest BCUT2D eigenvalue weighted by Gasteiger charge is -2.29. The van der Waals surface area contributed by atoms with Gasteiger partial charge in [0, 0.05) is 18.5 Å². The minimum Gasteiger partial charge on any atom is -0.388 e. The fraction of sp³-hybridized carbons (Fsp3) is 0.650. The number of likely N-dealkylation sites (tertiary alicyclic amines) is 1. The molecule has 1 aromatic rings. The lowest BCUT2D eigenvalue weighted by molar-refractivity contribution is -0.135. The lowest BCUT2D eigenvalue weighted by atomic mass is 9.91. The van der Waals surface area contributed by atoms with E-state index in [4.69, 9.17) is 0 Å². The molecule has 130 valence electrons. The molecule has 0 radical (unpaired) electrons. The molecule has 2 heterocycles. The van der Waals surface area contributed by atoms with Crippen LogP contribution in [-0.4, -0.2) is 41.6 Å². The summed E-state index contributed by atoms with van der Waals surface area (Å²) < 4.78 is 0. The van der Waals surface area contributed by atoms with E-state index in [1.165, 1.54) is 0 Å². The van der Waals surface area contributed by atoms with E-state index in [9.17, 15) is 9.90 Å². The summed E-state index contributed by atoms with van der Waals surface area (Å²) in [5.41, 5.74) is 1.26. The monoisotopic (exact) mass is 328 g/mol. The number of amides is 1. The summed E-state index contributed by atoms with van der Waals surface area (Å²) in [5.74, 6) is 0.605. The molecule has 2 N–H and O–H groups in total. The SMILES string of the molecule is O=C(C1CC12CCNCC2)N1CCCC1CC(O)c1ccccc1. The van der Waals surface area contributed by atoms with Gasteiger partial charge in [0.25, 0.3) is 0 Å². The smallest absolute Gasteiger partial charge is 0.226 e. The summed E-state index contributed by atoms with van der Waals surface area (Å²) in [7, 11) is 0. The quantitative estimate of drug-likeness (QED) is 0.893. The molecule has 3 unspecified atom stereocenters. The van der Waals surface area contributed by atoms with Crippen LogP contribution >= 0.6 is 0 Å². The van der Waals surface area contributed by atoms with Gasteiger partial charge in [0.1, 0.15) is 0 Å². The highest BCUT2D eigenvalue weighted by Gasteiger charge is 2.59. The largest absolute Gasteiger partial charge is 0.388 e. The molecule has 1 amide bonds. The number of rotatable bonds is 4. The average Bonchev–Trinajstić information content (AvgIpc) is 3.10.